The van der Waals surface area contributed by atoms with E-state index in [1.807, 2.05) is 60.0 Å². The number of aromatic nitrogens is 3. The van der Waals surface area contributed by atoms with Crippen LogP contribution in [0.4, 0.5) is 0 Å². The zero-order valence-corrected chi connectivity index (χ0v) is 17.3. The molecule has 1 N–H and O–H groups in total. The third kappa shape index (κ3) is 3.22. The highest BCUT2D eigenvalue weighted by atomic mass is 16.5. The molecule has 0 aliphatic heterocycles. The topological polar surface area (TPSA) is 78.2 Å². The Morgan fingerprint density at radius 2 is 1.87 bits per heavy atom. The van der Waals surface area contributed by atoms with Gasteiger partial charge in [0.15, 0.2) is 0 Å². The quantitative estimate of drug-likeness (QED) is 0.535. The summed E-state index contributed by atoms with van der Waals surface area (Å²) >= 11 is 0. The highest BCUT2D eigenvalue weighted by Gasteiger charge is 2.25. The number of nitrogens with one attached hydrogen (secondary N) is 1. The first-order valence-electron chi connectivity index (χ1n) is 9.91. The van der Waals surface area contributed by atoms with Crippen LogP contribution in [0.2, 0.25) is 0 Å². The molecule has 4 rings (SSSR count). The Bertz CT molecular complexity index is 1290. The number of ether oxygens (including phenoxy) is 1. The standard InChI is InChI=1S/C23H24N4O3/c1-4-18(22(28)24-13-15-9-5-8-12-20(15)30-3)27-19-11-7-6-10-16(19)17-14-25-26(2)23(29)21(17)27/h5-12,14,18H,4,13H2,1-3H3,(H,24,28)/t18-/m0/s1. The zero-order valence-electron chi connectivity index (χ0n) is 17.3. The largest absolute Gasteiger partial charge is 0.496 e. The summed E-state index contributed by atoms with van der Waals surface area (Å²) in [5, 5.41) is 8.85. The smallest absolute Gasteiger partial charge is 0.291 e. The number of nitrogens with zero attached hydrogens (tertiary/aromatic N) is 3. The van der Waals surface area contributed by atoms with E-state index < -0.39 is 6.04 Å². The van der Waals surface area contributed by atoms with Gasteiger partial charge in [0, 0.05) is 29.9 Å². The second kappa shape index (κ2) is 8.02. The molecule has 0 radical (unpaired) electrons. The normalized spacial score (nSPS) is 12.2. The van der Waals surface area contributed by atoms with Crippen molar-refractivity contribution in [2.24, 2.45) is 7.05 Å². The van der Waals surface area contributed by atoms with Crippen LogP contribution >= 0.6 is 0 Å². The summed E-state index contributed by atoms with van der Waals surface area (Å²) in [6, 6.07) is 14.8. The summed E-state index contributed by atoms with van der Waals surface area (Å²) in [6.07, 6.45) is 2.23. The van der Waals surface area contributed by atoms with Crippen LogP contribution in [0.25, 0.3) is 21.8 Å². The number of aryl methyl sites for hydroxylation is 1. The summed E-state index contributed by atoms with van der Waals surface area (Å²) in [7, 11) is 3.23. The zero-order chi connectivity index (χ0) is 21.3. The molecule has 0 aliphatic carbocycles. The van der Waals surface area contributed by atoms with Crippen molar-refractivity contribution >= 4 is 27.7 Å². The molecular weight excluding hydrogens is 380 g/mol. The average Bonchev–Trinajstić information content (AvgIpc) is 3.10. The number of fused-ring (bicyclic) bond motifs is 3. The fourth-order valence-corrected chi connectivity index (χ4v) is 3.95. The van der Waals surface area contributed by atoms with Crippen LogP contribution in [0.3, 0.4) is 0 Å². The van der Waals surface area contributed by atoms with Crippen LogP contribution in [0.1, 0.15) is 24.9 Å². The van der Waals surface area contributed by atoms with Crippen LogP contribution in [-0.4, -0.2) is 27.4 Å². The van der Waals surface area contributed by atoms with Crippen LogP contribution in [0.5, 0.6) is 5.75 Å². The van der Waals surface area contributed by atoms with E-state index in [0.717, 1.165) is 27.6 Å². The van der Waals surface area contributed by atoms with Crippen molar-refractivity contribution in [2.75, 3.05) is 7.11 Å². The molecule has 0 saturated carbocycles. The van der Waals surface area contributed by atoms with Gasteiger partial charge < -0.3 is 14.6 Å². The van der Waals surface area contributed by atoms with Crippen molar-refractivity contribution in [2.45, 2.75) is 25.9 Å². The van der Waals surface area contributed by atoms with E-state index in [1.165, 1.54) is 4.68 Å². The molecule has 4 aromatic rings. The van der Waals surface area contributed by atoms with E-state index in [0.29, 0.717) is 18.5 Å². The van der Waals surface area contributed by atoms with Crippen LogP contribution in [-0.2, 0) is 18.4 Å². The Hall–Kier alpha value is -3.61. The average molecular weight is 404 g/mol. The Morgan fingerprint density at radius 1 is 1.13 bits per heavy atom. The van der Waals surface area contributed by atoms with E-state index in [9.17, 15) is 9.59 Å². The summed E-state index contributed by atoms with van der Waals surface area (Å²) in [5.74, 6) is 0.576. The first-order chi connectivity index (χ1) is 14.6. The molecule has 2 aromatic heterocycles. The van der Waals surface area contributed by atoms with Crippen molar-refractivity contribution < 1.29 is 9.53 Å². The van der Waals surface area contributed by atoms with Gasteiger partial charge in [0.2, 0.25) is 5.91 Å². The lowest BCUT2D eigenvalue weighted by Crippen LogP contribution is -2.33. The maximum Gasteiger partial charge on any atom is 0.291 e. The molecule has 0 bridgehead atoms. The van der Waals surface area contributed by atoms with Crippen molar-refractivity contribution in [3.05, 3.63) is 70.6 Å². The fraction of sp³-hybridized carbons (Fsp3) is 0.261. The first kappa shape index (κ1) is 19.7. The number of rotatable bonds is 6. The van der Waals surface area contributed by atoms with Crippen molar-refractivity contribution in [1.29, 1.82) is 0 Å². The maximum atomic E-state index is 13.2. The fourth-order valence-electron chi connectivity index (χ4n) is 3.95. The molecule has 2 heterocycles. The molecule has 7 nitrogen and oxygen atoms in total. The number of hydrogen-bond donors (Lipinski definition) is 1. The number of methoxy groups -OCH3 is 1. The third-order valence-corrected chi connectivity index (χ3v) is 5.45. The van der Waals surface area contributed by atoms with Gasteiger partial charge in [-0.05, 0) is 18.6 Å². The van der Waals surface area contributed by atoms with Gasteiger partial charge in [-0.1, -0.05) is 43.3 Å². The van der Waals surface area contributed by atoms with E-state index in [-0.39, 0.29) is 11.5 Å². The molecule has 30 heavy (non-hydrogen) atoms. The molecular formula is C23H24N4O3. The summed E-state index contributed by atoms with van der Waals surface area (Å²) < 4.78 is 8.53. The van der Waals surface area contributed by atoms with E-state index in [4.69, 9.17) is 4.74 Å². The minimum atomic E-state index is -0.530. The number of benzene rings is 2. The molecule has 0 spiro atoms. The summed E-state index contributed by atoms with van der Waals surface area (Å²) in [6.45, 7) is 2.29. The Morgan fingerprint density at radius 3 is 2.63 bits per heavy atom. The minimum Gasteiger partial charge on any atom is -0.496 e. The first-order valence-corrected chi connectivity index (χ1v) is 9.91. The van der Waals surface area contributed by atoms with Gasteiger partial charge in [-0.2, -0.15) is 5.10 Å². The molecule has 0 fully saturated rings. The maximum absolute atomic E-state index is 13.2. The molecule has 1 amide bonds. The lowest BCUT2D eigenvalue weighted by atomic mass is 10.1. The monoisotopic (exact) mass is 404 g/mol. The predicted molar refractivity (Wildman–Crippen MR) is 117 cm³/mol. The summed E-state index contributed by atoms with van der Waals surface area (Å²) in [5.41, 5.74) is 2.01. The molecule has 7 heteroatoms. The molecule has 0 aliphatic rings. The lowest BCUT2D eigenvalue weighted by molar-refractivity contribution is -0.124. The van der Waals surface area contributed by atoms with E-state index >= 15 is 0 Å². The van der Waals surface area contributed by atoms with Gasteiger partial charge in [0.1, 0.15) is 17.3 Å². The van der Waals surface area contributed by atoms with Crippen LogP contribution in [0, 0.1) is 0 Å². The molecule has 1 atom stereocenters. The predicted octanol–water partition coefficient (Wildman–Crippen LogP) is 3.16. The molecule has 0 unspecified atom stereocenters. The van der Waals surface area contributed by atoms with Crippen LogP contribution in [0.15, 0.2) is 59.5 Å². The highest BCUT2D eigenvalue weighted by Crippen LogP contribution is 2.31. The van der Waals surface area contributed by atoms with Gasteiger partial charge >= 0.3 is 0 Å². The second-order valence-corrected chi connectivity index (χ2v) is 7.18. The number of amides is 1. The van der Waals surface area contributed by atoms with Gasteiger partial charge in [-0.15, -0.1) is 0 Å². The minimum absolute atomic E-state index is 0.148. The highest BCUT2D eigenvalue weighted by molar-refractivity contribution is 6.08. The van der Waals surface area contributed by atoms with Gasteiger partial charge in [0.05, 0.1) is 18.8 Å². The second-order valence-electron chi connectivity index (χ2n) is 7.18. The Balaban J connectivity index is 1.78. The number of hydrogen-bond acceptors (Lipinski definition) is 4. The van der Waals surface area contributed by atoms with Crippen molar-refractivity contribution in [3.8, 4) is 5.75 Å². The molecule has 154 valence electrons. The Labute approximate surface area is 173 Å². The number of carbonyl (C=O) groups is 1. The lowest BCUT2D eigenvalue weighted by Gasteiger charge is -2.20. The van der Waals surface area contributed by atoms with Crippen LogP contribution < -0.4 is 15.6 Å². The van der Waals surface area contributed by atoms with Gasteiger partial charge in [0.25, 0.3) is 5.56 Å². The summed E-state index contributed by atoms with van der Waals surface area (Å²) in [4.78, 5) is 26.2. The van der Waals surface area contributed by atoms with E-state index in [1.54, 1.807) is 20.4 Å². The third-order valence-electron chi connectivity index (χ3n) is 5.45. The number of carbonyl (C=O) groups excluding carboxylic acids is 1. The van der Waals surface area contributed by atoms with Gasteiger partial charge in [-0.25, -0.2) is 4.68 Å². The van der Waals surface area contributed by atoms with Gasteiger partial charge in [-0.3, -0.25) is 9.59 Å². The SMILES string of the molecule is CC[C@@H](C(=O)NCc1ccccc1OC)n1c2ccccc2c2cnn(C)c(=O)c21. The molecule has 0 saturated heterocycles. The van der Waals surface area contributed by atoms with Crippen molar-refractivity contribution in [3.63, 3.8) is 0 Å². The van der Waals surface area contributed by atoms with E-state index in [2.05, 4.69) is 10.4 Å². The number of para-hydroxylation sites is 2. The van der Waals surface area contributed by atoms with Crippen molar-refractivity contribution in [1.82, 2.24) is 19.7 Å². The molecule has 2 aromatic carbocycles. The Kier molecular flexibility index (Phi) is 5.27.